The summed E-state index contributed by atoms with van der Waals surface area (Å²) in [6, 6.07) is 13.3. The molecule has 0 atom stereocenters. The van der Waals surface area contributed by atoms with Gasteiger partial charge in [-0.1, -0.05) is 60.7 Å². The van der Waals surface area contributed by atoms with Crippen molar-refractivity contribution in [3.05, 3.63) is 95.1 Å². The van der Waals surface area contributed by atoms with Crippen LogP contribution in [0.5, 0.6) is 0 Å². The van der Waals surface area contributed by atoms with Crippen LogP contribution in [0.3, 0.4) is 0 Å². The molecule has 0 unspecified atom stereocenters. The van der Waals surface area contributed by atoms with Crippen molar-refractivity contribution >= 4 is 21.9 Å². The molecule has 0 aliphatic heterocycles. The summed E-state index contributed by atoms with van der Waals surface area (Å²) in [6.07, 6.45) is 14.4. The third-order valence-corrected chi connectivity index (χ3v) is 4.63. The molecule has 0 heterocycles. The summed E-state index contributed by atoms with van der Waals surface area (Å²) in [5, 5.41) is 2.66. The molecule has 0 nitrogen and oxygen atoms in total. The van der Waals surface area contributed by atoms with Gasteiger partial charge in [-0.3, -0.25) is 0 Å². The zero-order valence-corrected chi connectivity index (χ0v) is 11.6. The minimum Gasteiger partial charge on any atom is -0.0801 e. The van der Waals surface area contributed by atoms with Crippen molar-refractivity contribution < 1.29 is 0 Å². The molecule has 3 aliphatic carbocycles. The minimum atomic E-state index is 1.04. The fourth-order valence-corrected chi connectivity index (χ4v) is 3.66. The van der Waals surface area contributed by atoms with E-state index in [-0.39, 0.29) is 0 Å². The summed E-state index contributed by atoms with van der Waals surface area (Å²) in [5.41, 5.74) is 8.49. The van der Waals surface area contributed by atoms with E-state index in [4.69, 9.17) is 0 Å². The smallest absolute Gasteiger partial charge is 0.00637 e. The Labute approximate surface area is 124 Å². The second-order valence-corrected chi connectivity index (χ2v) is 5.80. The Morgan fingerprint density at radius 3 is 2.00 bits per heavy atom. The molecule has 0 saturated carbocycles. The van der Waals surface area contributed by atoms with Crippen molar-refractivity contribution in [2.24, 2.45) is 0 Å². The highest BCUT2D eigenvalue weighted by Gasteiger charge is 2.31. The van der Waals surface area contributed by atoms with Gasteiger partial charge >= 0.3 is 0 Å². The second-order valence-electron chi connectivity index (χ2n) is 5.80. The summed E-state index contributed by atoms with van der Waals surface area (Å²) in [7, 11) is 0. The van der Waals surface area contributed by atoms with Gasteiger partial charge in [-0.2, -0.15) is 0 Å². The molecule has 21 heavy (non-hydrogen) atoms. The molecule has 0 amide bonds. The molecular weight excluding hydrogens is 252 g/mol. The molecule has 0 radical (unpaired) electrons. The van der Waals surface area contributed by atoms with E-state index < -0.39 is 0 Å². The number of fused-ring (bicyclic) bond motifs is 6. The normalized spacial score (nSPS) is 18.3. The van der Waals surface area contributed by atoms with Gasteiger partial charge in [0, 0.05) is 0 Å². The lowest BCUT2D eigenvalue weighted by molar-refractivity contribution is 1.25. The van der Waals surface area contributed by atoms with E-state index >= 15 is 0 Å². The van der Waals surface area contributed by atoms with Crippen molar-refractivity contribution in [1.82, 2.24) is 0 Å². The van der Waals surface area contributed by atoms with Crippen LogP contribution in [-0.4, -0.2) is 0 Å². The molecule has 2 bridgehead atoms. The Hall–Kier alpha value is -2.60. The van der Waals surface area contributed by atoms with Gasteiger partial charge < -0.3 is 0 Å². The molecule has 5 rings (SSSR count). The fraction of sp³-hybridized carbons (Fsp3) is 0.0476. The first-order valence-corrected chi connectivity index (χ1v) is 7.44. The van der Waals surface area contributed by atoms with Crippen LogP contribution in [0.1, 0.15) is 17.5 Å². The highest BCUT2D eigenvalue weighted by atomic mass is 14.3. The summed E-state index contributed by atoms with van der Waals surface area (Å²) in [5.74, 6) is 0. The third kappa shape index (κ3) is 1.45. The van der Waals surface area contributed by atoms with Crippen LogP contribution in [0.4, 0.5) is 0 Å². The van der Waals surface area contributed by atoms with E-state index in [9.17, 15) is 0 Å². The highest BCUT2D eigenvalue weighted by Crippen LogP contribution is 2.52. The number of hydrogen-bond acceptors (Lipinski definition) is 0. The van der Waals surface area contributed by atoms with E-state index in [1.54, 1.807) is 0 Å². The molecule has 0 aromatic heterocycles. The first-order chi connectivity index (χ1) is 10.4. The zero-order chi connectivity index (χ0) is 13.8. The standard InChI is InChI=1S/C21H14/c1-2-6-14(7-3-1)21-17-10-11-18(21)20-13-16-9-5-4-8-15(16)12-19(17)20/h1-6,8-13H,7H2. The lowest BCUT2D eigenvalue weighted by Gasteiger charge is -2.08. The van der Waals surface area contributed by atoms with E-state index in [1.165, 1.54) is 44.2 Å². The SMILES string of the molecule is C1=CCC(=C2C3=CC=C2c2cc4ccccc4cc23)C=C1. The summed E-state index contributed by atoms with van der Waals surface area (Å²) in [4.78, 5) is 0. The van der Waals surface area contributed by atoms with Crippen LogP contribution in [0.25, 0.3) is 21.9 Å². The van der Waals surface area contributed by atoms with Gasteiger partial charge in [-0.25, -0.2) is 0 Å². The van der Waals surface area contributed by atoms with E-state index in [0.717, 1.165) is 6.42 Å². The van der Waals surface area contributed by atoms with Gasteiger partial charge in [0.1, 0.15) is 0 Å². The third-order valence-electron chi connectivity index (χ3n) is 4.63. The first kappa shape index (κ1) is 11.1. The fourth-order valence-electron chi connectivity index (χ4n) is 3.66. The number of benzene rings is 2. The highest BCUT2D eigenvalue weighted by molar-refractivity contribution is 6.15. The topological polar surface area (TPSA) is 0 Å². The Morgan fingerprint density at radius 1 is 0.762 bits per heavy atom. The maximum Gasteiger partial charge on any atom is -0.00637 e. The van der Waals surface area contributed by atoms with Crippen molar-refractivity contribution in [1.29, 1.82) is 0 Å². The summed E-state index contributed by atoms with van der Waals surface area (Å²) >= 11 is 0. The molecule has 98 valence electrons. The van der Waals surface area contributed by atoms with Crippen LogP contribution < -0.4 is 0 Å². The Balaban J connectivity index is 1.79. The Kier molecular flexibility index (Phi) is 2.09. The van der Waals surface area contributed by atoms with E-state index in [0.29, 0.717) is 0 Å². The van der Waals surface area contributed by atoms with Gasteiger partial charge in [0.15, 0.2) is 0 Å². The van der Waals surface area contributed by atoms with Gasteiger partial charge in [0.25, 0.3) is 0 Å². The molecule has 0 heteroatoms. The quantitative estimate of drug-likeness (QED) is 0.595. The van der Waals surface area contributed by atoms with Gasteiger partial charge in [-0.15, -0.1) is 0 Å². The maximum absolute atomic E-state index is 2.35. The van der Waals surface area contributed by atoms with Crippen LogP contribution in [0.2, 0.25) is 0 Å². The molecule has 3 aliphatic rings. The molecular formula is C21H14. The van der Waals surface area contributed by atoms with Gasteiger partial charge in [0.05, 0.1) is 0 Å². The van der Waals surface area contributed by atoms with E-state index in [2.05, 4.69) is 72.9 Å². The van der Waals surface area contributed by atoms with Crippen LogP contribution in [0.15, 0.2) is 84.0 Å². The van der Waals surface area contributed by atoms with Crippen molar-refractivity contribution in [2.45, 2.75) is 6.42 Å². The first-order valence-electron chi connectivity index (χ1n) is 7.44. The average Bonchev–Trinajstić information content (AvgIpc) is 3.10. The minimum absolute atomic E-state index is 1.04. The van der Waals surface area contributed by atoms with Crippen molar-refractivity contribution in [2.75, 3.05) is 0 Å². The monoisotopic (exact) mass is 266 g/mol. The molecule has 0 N–H and O–H groups in total. The predicted molar refractivity (Wildman–Crippen MR) is 89.8 cm³/mol. The van der Waals surface area contributed by atoms with Gasteiger partial charge in [-0.05, 0) is 62.7 Å². The largest absolute Gasteiger partial charge is 0.0801 e. The Morgan fingerprint density at radius 2 is 1.43 bits per heavy atom. The van der Waals surface area contributed by atoms with Crippen LogP contribution in [-0.2, 0) is 0 Å². The summed E-state index contributed by atoms with van der Waals surface area (Å²) in [6.45, 7) is 0. The average molecular weight is 266 g/mol. The Bertz CT molecular complexity index is 883. The number of allylic oxidation sites excluding steroid dienone is 10. The molecule has 2 aromatic carbocycles. The predicted octanol–water partition coefficient (Wildman–Crippen LogP) is 5.45. The molecule has 0 fully saturated rings. The van der Waals surface area contributed by atoms with Crippen molar-refractivity contribution in [3.8, 4) is 0 Å². The number of rotatable bonds is 0. The second kappa shape index (κ2) is 3.95. The zero-order valence-electron chi connectivity index (χ0n) is 11.6. The van der Waals surface area contributed by atoms with Gasteiger partial charge in [0.2, 0.25) is 0 Å². The summed E-state index contributed by atoms with van der Waals surface area (Å²) < 4.78 is 0. The molecule has 2 aromatic rings. The van der Waals surface area contributed by atoms with Crippen LogP contribution in [0, 0.1) is 0 Å². The maximum atomic E-state index is 2.35. The molecule has 0 spiro atoms. The van der Waals surface area contributed by atoms with Crippen LogP contribution >= 0.6 is 0 Å². The molecule has 0 saturated heterocycles. The van der Waals surface area contributed by atoms with Crippen molar-refractivity contribution in [3.63, 3.8) is 0 Å². The van der Waals surface area contributed by atoms with E-state index in [1.807, 2.05) is 0 Å². The number of hydrogen-bond donors (Lipinski definition) is 0. The lowest BCUT2D eigenvalue weighted by Crippen LogP contribution is -1.88. The lowest BCUT2D eigenvalue weighted by atomic mass is 9.96.